The van der Waals surface area contributed by atoms with Crippen LogP contribution in [0.4, 0.5) is 5.69 Å². The van der Waals surface area contributed by atoms with E-state index in [1.807, 2.05) is 6.20 Å². The van der Waals surface area contributed by atoms with Crippen molar-refractivity contribution in [3.8, 4) is 0 Å². The molecule has 19 heavy (non-hydrogen) atoms. The van der Waals surface area contributed by atoms with Gasteiger partial charge in [0, 0.05) is 22.9 Å². The summed E-state index contributed by atoms with van der Waals surface area (Å²) in [5, 5.41) is 4.74. The van der Waals surface area contributed by atoms with Crippen LogP contribution in [0.5, 0.6) is 0 Å². The third-order valence-corrected chi connectivity index (χ3v) is 3.96. The minimum atomic E-state index is 0.805. The highest BCUT2D eigenvalue weighted by molar-refractivity contribution is 9.10. The molecule has 0 saturated carbocycles. The second-order valence-electron chi connectivity index (χ2n) is 4.70. The lowest BCUT2D eigenvalue weighted by atomic mass is 10.1. The quantitative estimate of drug-likeness (QED) is 0.710. The Labute approximate surface area is 121 Å². The Balaban J connectivity index is 1.86. The number of rotatable bonds is 3. The minimum Gasteiger partial charge on any atom is -0.380 e. The van der Waals surface area contributed by atoms with E-state index in [0.717, 1.165) is 16.7 Å². The summed E-state index contributed by atoms with van der Waals surface area (Å²) < 4.78 is 1.09. The zero-order valence-electron chi connectivity index (χ0n) is 10.7. The summed E-state index contributed by atoms with van der Waals surface area (Å²) in [5.74, 6) is 0. The van der Waals surface area contributed by atoms with Gasteiger partial charge in [-0.25, -0.2) is 0 Å². The maximum Gasteiger partial charge on any atom is 0.0504 e. The van der Waals surface area contributed by atoms with Crippen molar-refractivity contribution in [3.05, 3.63) is 64.3 Å². The predicted molar refractivity (Wildman–Crippen MR) is 84.5 cm³/mol. The molecular formula is C16H15BrN2. The van der Waals surface area contributed by atoms with Gasteiger partial charge in [0.15, 0.2) is 0 Å². The molecule has 2 nitrogen and oxygen atoms in total. The SMILES string of the molecule is Cc1ccc(Br)c(NCc2cccc3cc[nH]c23)c1. The van der Waals surface area contributed by atoms with Crippen LogP contribution < -0.4 is 5.32 Å². The number of aromatic amines is 1. The highest BCUT2D eigenvalue weighted by Crippen LogP contribution is 2.25. The zero-order valence-corrected chi connectivity index (χ0v) is 12.3. The molecule has 2 aromatic carbocycles. The number of hydrogen-bond donors (Lipinski definition) is 2. The summed E-state index contributed by atoms with van der Waals surface area (Å²) in [5.41, 5.74) is 4.86. The van der Waals surface area contributed by atoms with Crippen molar-refractivity contribution in [2.45, 2.75) is 13.5 Å². The first kappa shape index (κ1) is 12.3. The Bertz CT molecular complexity index is 716. The van der Waals surface area contributed by atoms with Gasteiger partial charge in [0.1, 0.15) is 0 Å². The molecule has 3 rings (SSSR count). The molecule has 3 heteroatoms. The fourth-order valence-electron chi connectivity index (χ4n) is 2.26. The highest BCUT2D eigenvalue weighted by atomic mass is 79.9. The second-order valence-corrected chi connectivity index (χ2v) is 5.55. The number of aromatic nitrogens is 1. The van der Waals surface area contributed by atoms with Crippen molar-refractivity contribution < 1.29 is 0 Å². The number of anilines is 1. The van der Waals surface area contributed by atoms with Gasteiger partial charge in [-0.05, 0) is 57.6 Å². The van der Waals surface area contributed by atoms with Crippen LogP contribution in [-0.4, -0.2) is 4.98 Å². The largest absolute Gasteiger partial charge is 0.380 e. The Kier molecular flexibility index (Phi) is 3.30. The lowest BCUT2D eigenvalue weighted by molar-refractivity contribution is 1.15. The predicted octanol–water partition coefficient (Wildman–Crippen LogP) is 4.85. The fourth-order valence-corrected chi connectivity index (χ4v) is 2.65. The van der Waals surface area contributed by atoms with Crippen LogP contribution in [0.3, 0.4) is 0 Å². The van der Waals surface area contributed by atoms with E-state index in [1.165, 1.54) is 22.0 Å². The maximum absolute atomic E-state index is 3.58. The molecule has 1 heterocycles. The van der Waals surface area contributed by atoms with E-state index in [1.54, 1.807) is 0 Å². The fraction of sp³-hybridized carbons (Fsp3) is 0.125. The average molecular weight is 315 g/mol. The number of benzene rings is 2. The van der Waals surface area contributed by atoms with Gasteiger partial charge < -0.3 is 10.3 Å². The van der Waals surface area contributed by atoms with Gasteiger partial charge in [-0.2, -0.15) is 0 Å². The Hall–Kier alpha value is -1.74. The van der Waals surface area contributed by atoms with E-state index in [9.17, 15) is 0 Å². The summed E-state index contributed by atoms with van der Waals surface area (Å²) >= 11 is 3.58. The molecule has 0 spiro atoms. The molecule has 96 valence electrons. The number of halogens is 1. The van der Waals surface area contributed by atoms with Crippen LogP contribution in [0, 0.1) is 6.92 Å². The van der Waals surface area contributed by atoms with Crippen LogP contribution in [-0.2, 0) is 6.54 Å². The lowest BCUT2D eigenvalue weighted by Gasteiger charge is -2.10. The van der Waals surface area contributed by atoms with E-state index in [-0.39, 0.29) is 0 Å². The first-order chi connectivity index (χ1) is 9.24. The van der Waals surface area contributed by atoms with Gasteiger partial charge in [0.25, 0.3) is 0 Å². The molecule has 0 fully saturated rings. The number of hydrogen-bond acceptors (Lipinski definition) is 1. The molecular weight excluding hydrogens is 300 g/mol. The highest BCUT2D eigenvalue weighted by Gasteiger charge is 2.03. The maximum atomic E-state index is 3.58. The number of fused-ring (bicyclic) bond motifs is 1. The molecule has 0 bridgehead atoms. The van der Waals surface area contributed by atoms with Gasteiger partial charge >= 0.3 is 0 Å². The molecule has 0 amide bonds. The number of nitrogens with one attached hydrogen (secondary N) is 2. The van der Waals surface area contributed by atoms with Gasteiger partial charge in [-0.1, -0.05) is 24.3 Å². The van der Waals surface area contributed by atoms with E-state index in [2.05, 4.69) is 75.6 Å². The Morgan fingerprint density at radius 1 is 1.16 bits per heavy atom. The molecule has 3 aromatic rings. The smallest absolute Gasteiger partial charge is 0.0504 e. The van der Waals surface area contributed by atoms with Crippen molar-refractivity contribution in [1.29, 1.82) is 0 Å². The van der Waals surface area contributed by atoms with E-state index >= 15 is 0 Å². The summed E-state index contributed by atoms with van der Waals surface area (Å²) in [6, 6.07) is 14.8. The van der Waals surface area contributed by atoms with Crippen molar-refractivity contribution >= 4 is 32.5 Å². The van der Waals surface area contributed by atoms with Crippen molar-refractivity contribution in [3.63, 3.8) is 0 Å². The first-order valence-corrected chi connectivity index (χ1v) is 7.08. The van der Waals surface area contributed by atoms with E-state index in [0.29, 0.717) is 0 Å². The molecule has 0 aliphatic heterocycles. The molecule has 0 aliphatic carbocycles. The second kappa shape index (κ2) is 5.10. The lowest BCUT2D eigenvalue weighted by Crippen LogP contribution is -2.01. The van der Waals surface area contributed by atoms with Crippen molar-refractivity contribution in [2.24, 2.45) is 0 Å². The molecule has 0 radical (unpaired) electrons. The van der Waals surface area contributed by atoms with Crippen LogP contribution in [0.2, 0.25) is 0 Å². The van der Waals surface area contributed by atoms with Crippen molar-refractivity contribution in [1.82, 2.24) is 4.98 Å². The normalized spacial score (nSPS) is 10.8. The van der Waals surface area contributed by atoms with Gasteiger partial charge in [0.2, 0.25) is 0 Å². The van der Waals surface area contributed by atoms with E-state index < -0.39 is 0 Å². The Morgan fingerprint density at radius 3 is 2.95 bits per heavy atom. The van der Waals surface area contributed by atoms with Gasteiger partial charge in [-0.15, -0.1) is 0 Å². The van der Waals surface area contributed by atoms with Crippen LogP contribution in [0.25, 0.3) is 10.9 Å². The molecule has 1 aromatic heterocycles. The molecule has 0 atom stereocenters. The average Bonchev–Trinajstić information content (AvgIpc) is 2.88. The number of aryl methyl sites for hydroxylation is 1. The Morgan fingerprint density at radius 2 is 2.05 bits per heavy atom. The zero-order chi connectivity index (χ0) is 13.2. The summed E-state index contributed by atoms with van der Waals surface area (Å²) in [4.78, 5) is 3.30. The minimum absolute atomic E-state index is 0.805. The van der Waals surface area contributed by atoms with E-state index in [4.69, 9.17) is 0 Å². The first-order valence-electron chi connectivity index (χ1n) is 6.29. The summed E-state index contributed by atoms with van der Waals surface area (Å²) in [6.45, 7) is 2.91. The van der Waals surface area contributed by atoms with Gasteiger partial charge in [-0.3, -0.25) is 0 Å². The van der Waals surface area contributed by atoms with Crippen LogP contribution in [0.15, 0.2) is 53.1 Å². The van der Waals surface area contributed by atoms with Crippen molar-refractivity contribution in [2.75, 3.05) is 5.32 Å². The van der Waals surface area contributed by atoms with Gasteiger partial charge in [0.05, 0.1) is 5.52 Å². The summed E-state index contributed by atoms with van der Waals surface area (Å²) in [6.07, 6.45) is 1.98. The molecule has 0 unspecified atom stereocenters. The monoisotopic (exact) mass is 314 g/mol. The third kappa shape index (κ3) is 2.51. The number of H-pyrrole nitrogens is 1. The number of para-hydroxylation sites is 1. The third-order valence-electron chi connectivity index (χ3n) is 3.26. The topological polar surface area (TPSA) is 27.8 Å². The molecule has 0 aliphatic rings. The summed E-state index contributed by atoms with van der Waals surface area (Å²) in [7, 11) is 0. The molecule has 0 saturated heterocycles. The van der Waals surface area contributed by atoms with Crippen LogP contribution >= 0.6 is 15.9 Å². The standard InChI is InChI=1S/C16H15BrN2/c1-11-5-6-14(17)15(9-11)19-10-13-4-2-3-12-7-8-18-16(12)13/h2-9,18-19H,10H2,1H3. The molecule has 2 N–H and O–H groups in total. The van der Waals surface area contributed by atoms with Crippen LogP contribution in [0.1, 0.15) is 11.1 Å².